The van der Waals surface area contributed by atoms with E-state index in [0.717, 1.165) is 39.7 Å². The molecule has 0 atom stereocenters. The van der Waals surface area contributed by atoms with Crippen molar-refractivity contribution in [1.82, 2.24) is 19.2 Å². The Morgan fingerprint density at radius 2 is 1.60 bits per heavy atom. The van der Waals surface area contributed by atoms with E-state index in [0.29, 0.717) is 5.65 Å². The molecule has 0 unspecified atom stereocenters. The summed E-state index contributed by atoms with van der Waals surface area (Å²) in [5.74, 6) is -0.516. The van der Waals surface area contributed by atoms with Crippen LogP contribution in [0.2, 0.25) is 0 Å². The summed E-state index contributed by atoms with van der Waals surface area (Å²) >= 11 is 0. The van der Waals surface area contributed by atoms with Crippen molar-refractivity contribution in [3.63, 3.8) is 0 Å². The molecule has 212 valence electrons. The number of nitrogens with two attached hydrogens (primary N) is 2. The lowest BCUT2D eigenvalue weighted by Crippen LogP contribution is -2.22. The topological polar surface area (TPSA) is 121 Å². The van der Waals surface area contributed by atoms with Crippen LogP contribution in [0.15, 0.2) is 108 Å². The number of amides is 1. The highest BCUT2D eigenvalue weighted by atomic mass is 16.1. The van der Waals surface area contributed by atoms with Crippen LogP contribution >= 0.6 is 0 Å². The predicted octanol–water partition coefficient (Wildman–Crippen LogP) is 6.16. The minimum Gasteiger partial charge on any atom is -0.381 e. The van der Waals surface area contributed by atoms with Gasteiger partial charge in [0.2, 0.25) is 0 Å². The van der Waals surface area contributed by atoms with Crippen LogP contribution in [0.3, 0.4) is 0 Å². The lowest BCUT2D eigenvalue weighted by atomic mass is 10.0. The maximum absolute atomic E-state index is 13.5. The molecule has 0 aliphatic carbocycles. The Kier molecular flexibility index (Phi) is 9.63. The average Bonchev–Trinajstić information content (AvgIpc) is 3.38. The van der Waals surface area contributed by atoms with Crippen molar-refractivity contribution in [1.29, 1.82) is 0 Å². The number of para-hydroxylation sites is 1. The first-order valence-corrected chi connectivity index (χ1v) is 13.8. The van der Waals surface area contributed by atoms with Gasteiger partial charge >= 0.3 is 0 Å². The fourth-order valence-corrected chi connectivity index (χ4v) is 4.59. The third kappa shape index (κ3) is 6.28. The second-order valence-corrected chi connectivity index (χ2v) is 9.03. The predicted molar refractivity (Wildman–Crippen MR) is 172 cm³/mol. The molecule has 0 aliphatic heterocycles. The van der Waals surface area contributed by atoms with Gasteiger partial charge in [0.1, 0.15) is 5.56 Å². The maximum Gasteiger partial charge on any atom is 0.263 e. The number of primary amides is 1. The third-order valence-electron chi connectivity index (χ3n) is 6.46. The van der Waals surface area contributed by atoms with Crippen LogP contribution in [-0.2, 0) is 6.42 Å². The summed E-state index contributed by atoms with van der Waals surface area (Å²) in [6, 6.07) is 29.8. The van der Waals surface area contributed by atoms with Crippen molar-refractivity contribution in [3.05, 3.63) is 136 Å². The molecule has 0 saturated carbocycles. The highest BCUT2D eigenvalue weighted by molar-refractivity contribution is 6.03. The van der Waals surface area contributed by atoms with Gasteiger partial charge in [-0.1, -0.05) is 99.7 Å². The van der Waals surface area contributed by atoms with Crippen molar-refractivity contribution in [3.8, 4) is 5.69 Å². The second-order valence-electron chi connectivity index (χ2n) is 9.03. The number of carbonyl (C=O) groups is 1. The van der Waals surface area contributed by atoms with E-state index in [-0.39, 0.29) is 16.9 Å². The van der Waals surface area contributed by atoms with E-state index < -0.39 is 5.91 Å². The summed E-state index contributed by atoms with van der Waals surface area (Å²) < 4.78 is 3.25. The molecule has 6 aromatic rings. The standard InChI is InChI=1S/C25H21NO.C7H7N5O.C2H6/c1-2-22-18-21-13-9-12-20(17-16-19-10-5-3-6-11-19)24(21)25(27)26(22)23-14-7-4-8-15-23;8-5-4(6(9)13)7-10-2-1-3-12(7)11-5;1-2/h3-18H,2H2,1H3;1-3H,(H2,8,11)(H2,9,13);1-2H3/b17-16+;;. The molecule has 3 heterocycles. The first kappa shape index (κ1) is 29.5. The zero-order valence-electron chi connectivity index (χ0n) is 23.9. The van der Waals surface area contributed by atoms with Crippen molar-refractivity contribution in [2.45, 2.75) is 27.2 Å². The normalized spacial score (nSPS) is 10.6. The first-order chi connectivity index (χ1) is 20.5. The van der Waals surface area contributed by atoms with Crippen molar-refractivity contribution in [2.75, 3.05) is 5.73 Å². The van der Waals surface area contributed by atoms with Crippen LogP contribution in [0.4, 0.5) is 5.82 Å². The van der Waals surface area contributed by atoms with Gasteiger partial charge in [-0.3, -0.25) is 14.2 Å². The molecule has 0 saturated heterocycles. The monoisotopic (exact) mass is 558 g/mol. The van der Waals surface area contributed by atoms with E-state index in [2.05, 4.69) is 41.3 Å². The molecular weight excluding hydrogens is 524 g/mol. The Morgan fingerprint density at radius 3 is 2.26 bits per heavy atom. The molecule has 8 nitrogen and oxygen atoms in total. The summed E-state index contributed by atoms with van der Waals surface area (Å²) in [4.78, 5) is 28.4. The van der Waals surface area contributed by atoms with Gasteiger partial charge in [0.05, 0.1) is 5.39 Å². The van der Waals surface area contributed by atoms with Gasteiger partial charge in [0.25, 0.3) is 11.5 Å². The minimum atomic E-state index is -0.619. The number of benzene rings is 3. The number of aryl methyl sites for hydroxylation is 1. The maximum atomic E-state index is 13.5. The second kappa shape index (κ2) is 13.7. The number of pyridine rings is 1. The minimum absolute atomic E-state index is 0.0314. The number of rotatable bonds is 5. The quantitative estimate of drug-likeness (QED) is 0.246. The zero-order chi connectivity index (χ0) is 30.1. The summed E-state index contributed by atoms with van der Waals surface area (Å²) in [6.45, 7) is 6.08. The summed E-state index contributed by atoms with van der Waals surface area (Å²) in [7, 11) is 0. The Labute approximate surface area is 244 Å². The molecule has 6 rings (SSSR count). The molecule has 4 N–H and O–H groups in total. The van der Waals surface area contributed by atoms with E-state index in [1.165, 1.54) is 4.52 Å². The third-order valence-corrected chi connectivity index (χ3v) is 6.46. The van der Waals surface area contributed by atoms with Gasteiger partial charge in [-0.25, -0.2) is 9.50 Å². The van der Waals surface area contributed by atoms with Crippen molar-refractivity contribution < 1.29 is 4.79 Å². The highest BCUT2D eigenvalue weighted by Gasteiger charge is 2.15. The van der Waals surface area contributed by atoms with Crippen LogP contribution < -0.4 is 17.0 Å². The summed E-state index contributed by atoms with van der Waals surface area (Å²) in [5, 5.41) is 5.61. The van der Waals surface area contributed by atoms with Crippen LogP contribution in [0, 0.1) is 0 Å². The smallest absolute Gasteiger partial charge is 0.263 e. The van der Waals surface area contributed by atoms with Crippen LogP contribution in [0.5, 0.6) is 0 Å². The molecule has 0 fully saturated rings. The average molecular weight is 559 g/mol. The summed E-state index contributed by atoms with van der Waals surface area (Å²) in [6.07, 6.45) is 8.06. The first-order valence-electron chi connectivity index (χ1n) is 13.8. The van der Waals surface area contributed by atoms with Crippen molar-refractivity contribution in [2.24, 2.45) is 5.73 Å². The number of hydrogen-bond acceptors (Lipinski definition) is 5. The number of anilines is 1. The van der Waals surface area contributed by atoms with Gasteiger partial charge in [0.15, 0.2) is 11.5 Å². The van der Waals surface area contributed by atoms with E-state index in [9.17, 15) is 9.59 Å². The number of carbonyl (C=O) groups excluding carboxylic acids is 1. The van der Waals surface area contributed by atoms with Crippen LogP contribution in [-0.4, -0.2) is 25.1 Å². The van der Waals surface area contributed by atoms with Gasteiger partial charge in [-0.15, -0.1) is 5.10 Å². The molecule has 8 heteroatoms. The fraction of sp³-hybridized carbons (Fsp3) is 0.118. The molecule has 0 aliphatic rings. The molecule has 3 aromatic carbocycles. The fourth-order valence-electron chi connectivity index (χ4n) is 4.59. The number of nitrogen functional groups attached to an aromatic ring is 1. The van der Waals surface area contributed by atoms with Gasteiger partial charge < -0.3 is 11.5 Å². The molecular formula is C34H34N6O2. The highest BCUT2D eigenvalue weighted by Crippen LogP contribution is 2.21. The number of fused-ring (bicyclic) bond motifs is 2. The zero-order valence-corrected chi connectivity index (χ0v) is 23.9. The Hall–Kier alpha value is -5.50. The molecule has 42 heavy (non-hydrogen) atoms. The number of nitrogens with zero attached hydrogens (tertiary/aromatic N) is 4. The number of aromatic nitrogens is 4. The Balaban J connectivity index is 0.000000226. The van der Waals surface area contributed by atoms with Gasteiger partial charge in [-0.2, -0.15) is 0 Å². The van der Waals surface area contributed by atoms with Crippen molar-refractivity contribution >= 4 is 40.3 Å². The lowest BCUT2D eigenvalue weighted by molar-refractivity contribution is 0.100. The SMILES string of the molecule is CC.CCc1cc2cccc(/C=C/c3ccccc3)c2c(=O)n1-c1ccccc1.NC(=O)c1c(N)nn2cccnc12. The molecule has 3 aromatic heterocycles. The molecule has 0 bridgehead atoms. The Bertz CT molecular complexity index is 1890. The molecule has 0 spiro atoms. The molecule has 1 amide bonds. The Morgan fingerprint density at radius 1 is 0.905 bits per heavy atom. The van der Waals surface area contributed by atoms with Crippen LogP contribution in [0.1, 0.15) is 48.0 Å². The van der Waals surface area contributed by atoms with Gasteiger partial charge in [0, 0.05) is 23.8 Å². The molecule has 0 radical (unpaired) electrons. The largest absolute Gasteiger partial charge is 0.381 e. The van der Waals surface area contributed by atoms with E-state index in [1.807, 2.05) is 91.2 Å². The van der Waals surface area contributed by atoms with E-state index in [4.69, 9.17) is 11.5 Å². The number of hydrogen-bond donors (Lipinski definition) is 2. The lowest BCUT2D eigenvalue weighted by Gasteiger charge is -2.14. The van der Waals surface area contributed by atoms with E-state index in [1.54, 1.807) is 18.5 Å². The van der Waals surface area contributed by atoms with Crippen LogP contribution in [0.25, 0.3) is 34.3 Å². The van der Waals surface area contributed by atoms with E-state index >= 15 is 0 Å². The van der Waals surface area contributed by atoms with Gasteiger partial charge in [-0.05, 0) is 47.2 Å². The summed E-state index contributed by atoms with van der Waals surface area (Å²) in [5.41, 5.74) is 15.1.